The van der Waals surface area contributed by atoms with Gasteiger partial charge in [-0.25, -0.2) is 0 Å². The number of rotatable bonds is 10. The number of nitriles is 1. The number of fused-ring (bicyclic) bond motifs is 1. The Kier molecular flexibility index (Phi) is 16.6. The summed E-state index contributed by atoms with van der Waals surface area (Å²) in [5, 5.41) is 17.0. The lowest BCUT2D eigenvalue weighted by atomic mass is 9.65. The van der Waals surface area contributed by atoms with E-state index < -0.39 is 11.0 Å². The SMILES string of the molecule is C=CN(C)C.CC.CC(C)=CCC1=C(C)C(CC(C)(C)NCC(=O)N2CCCC2C#N)(/C(N)=N/N)c2ccc(C(=O)N(C)C)cc2CC1. The van der Waals surface area contributed by atoms with Crippen LogP contribution < -0.4 is 16.9 Å². The Hall–Kier alpha value is -4.10. The molecule has 5 N–H and O–H groups in total. The normalized spacial score (nSPS) is 18.9. The topological polar surface area (TPSA) is 144 Å². The Morgan fingerprint density at radius 3 is 2.35 bits per heavy atom. The molecule has 1 aromatic carbocycles. The van der Waals surface area contributed by atoms with Crippen LogP contribution in [0.25, 0.3) is 0 Å². The first-order valence-electron chi connectivity index (χ1n) is 17.0. The number of benzene rings is 1. The van der Waals surface area contributed by atoms with Crippen molar-refractivity contribution in [3.05, 3.63) is 70.5 Å². The van der Waals surface area contributed by atoms with Crippen molar-refractivity contribution in [1.29, 1.82) is 5.26 Å². The Morgan fingerprint density at radius 1 is 1.21 bits per heavy atom. The van der Waals surface area contributed by atoms with Gasteiger partial charge in [0.25, 0.3) is 5.91 Å². The molecule has 1 saturated heterocycles. The molecule has 2 amide bonds. The molecule has 0 saturated carbocycles. The molecule has 0 aromatic heterocycles. The van der Waals surface area contributed by atoms with Gasteiger partial charge in [-0.3, -0.25) is 9.59 Å². The van der Waals surface area contributed by atoms with Crippen molar-refractivity contribution < 1.29 is 9.59 Å². The zero-order valence-electron chi connectivity index (χ0n) is 31.5. The summed E-state index contributed by atoms with van der Waals surface area (Å²) < 4.78 is 0. The van der Waals surface area contributed by atoms with E-state index in [4.69, 9.17) is 11.6 Å². The summed E-state index contributed by atoms with van der Waals surface area (Å²) in [4.78, 5) is 31.1. The molecule has 2 atom stereocenters. The van der Waals surface area contributed by atoms with Gasteiger partial charge in [0, 0.05) is 45.8 Å². The van der Waals surface area contributed by atoms with Crippen molar-refractivity contribution in [3.63, 3.8) is 0 Å². The molecule has 1 heterocycles. The minimum Gasteiger partial charge on any atom is -0.385 e. The third kappa shape index (κ3) is 10.7. The highest BCUT2D eigenvalue weighted by Crippen LogP contribution is 2.46. The zero-order valence-corrected chi connectivity index (χ0v) is 31.5. The quantitative estimate of drug-likeness (QED) is 0.0992. The number of nitrogens with one attached hydrogen (secondary N) is 1. The van der Waals surface area contributed by atoms with Crippen LogP contribution in [0.2, 0.25) is 0 Å². The van der Waals surface area contributed by atoms with Crippen LogP contribution in [-0.4, -0.2) is 85.2 Å². The molecular weight excluding hydrogens is 600 g/mol. The standard InChI is InChI=1S/C32H47N7O2.C4H9N.C2H6/c1-21(2)10-11-23-12-13-24-17-25(29(41)38(6)7)14-15-27(24)32(22(23)3,30(34)37-35)20-31(4,5)36-19-28(40)39-16-8-9-26(39)18-33;1-4-5(2)3;1-2/h10,14-15,17,26,36H,8-9,11-13,16,19-20,35H2,1-7H3,(H2,34,37);4H,1H2,2-3H3;1-2H3. The number of carbonyl (C=O) groups is 2. The molecule has 1 aliphatic carbocycles. The highest BCUT2D eigenvalue weighted by atomic mass is 16.2. The Morgan fingerprint density at radius 2 is 1.83 bits per heavy atom. The average Bonchev–Trinajstić information content (AvgIpc) is 3.51. The Balaban J connectivity index is 0.00000150. The predicted molar refractivity (Wildman–Crippen MR) is 199 cm³/mol. The molecular formula is C38H62N8O2. The molecule has 10 nitrogen and oxygen atoms in total. The van der Waals surface area contributed by atoms with Gasteiger partial charge in [-0.1, -0.05) is 49.3 Å². The van der Waals surface area contributed by atoms with Crippen molar-refractivity contribution in [3.8, 4) is 6.07 Å². The maximum atomic E-state index is 13.1. The molecule has 266 valence electrons. The van der Waals surface area contributed by atoms with E-state index in [2.05, 4.69) is 63.8 Å². The number of hydrogen-bond donors (Lipinski definition) is 3. The monoisotopic (exact) mass is 662 g/mol. The van der Waals surface area contributed by atoms with E-state index in [1.807, 2.05) is 51.0 Å². The zero-order chi connectivity index (χ0) is 36.8. The van der Waals surface area contributed by atoms with Crippen molar-refractivity contribution in [2.24, 2.45) is 16.7 Å². The Labute approximate surface area is 290 Å². The first-order chi connectivity index (χ1) is 22.5. The summed E-state index contributed by atoms with van der Waals surface area (Å²) in [7, 11) is 7.37. The summed E-state index contributed by atoms with van der Waals surface area (Å²) in [5.74, 6) is 6.11. The fourth-order valence-corrected chi connectivity index (χ4v) is 6.27. The lowest BCUT2D eigenvalue weighted by molar-refractivity contribution is -0.130. The van der Waals surface area contributed by atoms with Gasteiger partial charge in [-0.2, -0.15) is 10.4 Å². The first-order valence-corrected chi connectivity index (χ1v) is 17.0. The second kappa shape index (κ2) is 19.0. The molecule has 0 spiro atoms. The molecule has 1 aliphatic heterocycles. The highest BCUT2D eigenvalue weighted by Gasteiger charge is 2.46. The van der Waals surface area contributed by atoms with E-state index in [9.17, 15) is 14.9 Å². The Bertz CT molecular complexity index is 1400. The van der Waals surface area contributed by atoms with Crippen LogP contribution in [0.5, 0.6) is 0 Å². The number of amides is 2. The summed E-state index contributed by atoms with van der Waals surface area (Å²) in [6, 6.07) is 7.72. The number of nitrogens with zero attached hydrogens (tertiary/aromatic N) is 5. The minimum atomic E-state index is -0.854. The van der Waals surface area contributed by atoms with E-state index in [-0.39, 0.29) is 24.4 Å². The minimum absolute atomic E-state index is 0.0596. The van der Waals surface area contributed by atoms with Gasteiger partial charge < -0.3 is 31.6 Å². The van der Waals surface area contributed by atoms with E-state index in [0.29, 0.717) is 30.8 Å². The summed E-state index contributed by atoms with van der Waals surface area (Å²) in [6.45, 7) is 18.6. The van der Waals surface area contributed by atoms with Gasteiger partial charge in [0.1, 0.15) is 11.9 Å². The summed E-state index contributed by atoms with van der Waals surface area (Å²) >= 11 is 0. The maximum Gasteiger partial charge on any atom is 0.253 e. The molecule has 10 heteroatoms. The van der Waals surface area contributed by atoms with Crippen LogP contribution in [0.3, 0.4) is 0 Å². The average molecular weight is 663 g/mol. The van der Waals surface area contributed by atoms with Gasteiger partial charge in [-0.05, 0) is 103 Å². The van der Waals surface area contributed by atoms with Crippen molar-refractivity contribution in [2.75, 3.05) is 41.3 Å². The highest BCUT2D eigenvalue weighted by molar-refractivity contribution is 5.97. The van der Waals surface area contributed by atoms with Crippen molar-refractivity contribution in [1.82, 2.24) is 20.0 Å². The summed E-state index contributed by atoms with van der Waals surface area (Å²) in [6.07, 6.45) is 8.36. The number of allylic oxidation sites excluding steroid dienone is 3. The van der Waals surface area contributed by atoms with Crippen LogP contribution in [-0.2, 0) is 16.6 Å². The van der Waals surface area contributed by atoms with E-state index in [1.165, 1.54) is 11.1 Å². The number of aryl methyl sites for hydroxylation is 1. The predicted octanol–water partition coefficient (Wildman–Crippen LogP) is 5.47. The van der Waals surface area contributed by atoms with Gasteiger partial charge in [-0.15, -0.1) is 0 Å². The van der Waals surface area contributed by atoms with E-state index in [0.717, 1.165) is 42.4 Å². The molecule has 2 unspecified atom stereocenters. The molecule has 48 heavy (non-hydrogen) atoms. The van der Waals surface area contributed by atoms with E-state index >= 15 is 0 Å². The number of hydrogen-bond acceptors (Lipinski definition) is 7. The smallest absolute Gasteiger partial charge is 0.253 e. The van der Waals surface area contributed by atoms with Crippen molar-refractivity contribution >= 4 is 17.6 Å². The fourth-order valence-electron chi connectivity index (χ4n) is 6.27. The first kappa shape index (κ1) is 41.9. The number of hydrazone groups is 1. The largest absolute Gasteiger partial charge is 0.385 e. The molecule has 1 aromatic rings. The molecule has 3 rings (SSSR count). The maximum absolute atomic E-state index is 13.1. The fraction of sp³-hybridized carbons (Fsp3) is 0.579. The van der Waals surface area contributed by atoms with E-state index in [1.54, 1.807) is 30.1 Å². The van der Waals surface area contributed by atoms with Crippen LogP contribution in [0.4, 0.5) is 0 Å². The van der Waals surface area contributed by atoms with Gasteiger partial charge in [0.2, 0.25) is 5.91 Å². The van der Waals surface area contributed by atoms with Gasteiger partial charge in [0.15, 0.2) is 0 Å². The summed E-state index contributed by atoms with van der Waals surface area (Å²) in [5.41, 5.74) is 11.6. The number of nitrogens with two attached hydrogens (primary N) is 2. The lowest BCUT2D eigenvalue weighted by Gasteiger charge is -2.42. The lowest BCUT2D eigenvalue weighted by Crippen LogP contribution is -2.54. The number of carbonyl (C=O) groups excluding carboxylic acids is 2. The number of amidine groups is 1. The second-order valence-corrected chi connectivity index (χ2v) is 13.6. The van der Waals surface area contributed by atoms with Gasteiger partial charge >= 0.3 is 0 Å². The van der Waals surface area contributed by atoms with Crippen LogP contribution in [0, 0.1) is 11.3 Å². The van der Waals surface area contributed by atoms with Crippen LogP contribution in [0.15, 0.2) is 58.9 Å². The molecule has 0 bridgehead atoms. The van der Waals surface area contributed by atoms with Crippen LogP contribution >= 0.6 is 0 Å². The molecule has 0 radical (unpaired) electrons. The van der Waals surface area contributed by atoms with Crippen molar-refractivity contribution in [2.45, 2.75) is 104 Å². The number of likely N-dealkylation sites (tertiary alicyclic amines) is 1. The third-order valence-electron chi connectivity index (χ3n) is 8.93. The third-order valence-corrected chi connectivity index (χ3v) is 8.93. The van der Waals surface area contributed by atoms with Crippen LogP contribution in [0.1, 0.15) is 102 Å². The second-order valence-electron chi connectivity index (χ2n) is 13.6. The molecule has 2 aliphatic rings. The molecule has 1 fully saturated rings. The van der Waals surface area contributed by atoms with Gasteiger partial charge in [0.05, 0.1) is 18.0 Å².